The van der Waals surface area contributed by atoms with Gasteiger partial charge in [-0.1, -0.05) is 43.3 Å². The summed E-state index contributed by atoms with van der Waals surface area (Å²) in [4.78, 5) is 28.0. The molecular weight excluding hydrogens is 434 g/mol. The second-order valence-corrected chi connectivity index (χ2v) is 10.2. The van der Waals surface area contributed by atoms with E-state index in [2.05, 4.69) is 12.2 Å². The third-order valence-corrected chi connectivity index (χ3v) is 7.41. The number of ether oxygens (including phenoxy) is 2. The van der Waals surface area contributed by atoms with Crippen molar-refractivity contribution in [2.24, 2.45) is 5.92 Å². The van der Waals surface area contributed by atoms with Crippen LogP contribution in [0, 0.1) is 5.92 Å². The highest BCUT2D eigenvalue weighted by molar-refractivity contribution is 7.17. The van der Waals surface area contributed by atoms with E-state index in [1.165, 1.54) is 16.2 Å². The fourth-order valence-electron chi connectivity index (χ4n) is 4.70. The molecule has 2 aromatic carbocycles. The predicted molar refractivity (Wildman–Crippen MR) is 129 cm³/mol. The molecule has 33 heavy (non-hydrogen) atoms. The number of rotatable bonds is 4. The topological polar surface area (TPSA) is 64.6 Å². The molecule has 0 radical (unpaired) electrons. The highest BCUT2D eigenvalue weighted by Gasteiger charge is 2.35. The number of benzene rings is 2. The number of para-hydroxylation sites is 2. The molecule has 0 unspecified atom stereocenters. The summed E-state index contributed by atoms with van der Waals surface area (Å²) in [5.41, 5.74) is 3.19. The minimum atomic E-state index is -0.529. The average Bonchev–Trinajstić information content (AvgIpc) is 3.13. The lowest BCUT2D eigenvalue weighted by Gasteiger charge is -2.27. The van der Waals surface area contributed by atoms with Crippen LogP contribution in [0.15, 0.2) is 48.5 Å². The van der Waals surface area contributed by atoms with Crippen molar-refractivity contribution in [1.29, 1.82) is 0 Å². The second kappa shape index (κ2) is 8.67. The van der Waals surface area contributed by atoms with Crippen LogP contribution in [0.25, 0.3) is 0 Å². The van der Waals surface area contributed by atoms with E-state index in [-0.39, 0.29) is 18.0 Å². The van der Waals surface area contributed by atoms with Crippen molar-refractivity contribution in [3.05, 3.63) is 75.7 Å². The summed E-state index contributed by atoms with van der Waals surface area (Å²) in [6, 6.07) is 15.2. The largest absolute Gasteiger partial charge is 0.459 e. The normalized spacial score (nSPS) is 16.9. The van der Waals surface area contributed by atoms with Crippen LogP contribution in [0.3, 0.4) is 0 Å². The van der Waals surface area contributed by atoms with E-state index in [0.29, 0.717) is 28.0 Å². The van der Waals surface area contributed by atoms with Gasteiger partial charge < -0.3 is 14.8 Å². The predicted octanol–water partition coefficient (Wildman–Crippen LogP) is 6.31. The number of anilines is 1. The number of carbonyl (C=O) groups excluding carboxylic acids is 2. The summed E-state index contributed by atoms with van der Waals surface area (Å²) < 4.78 is 11.6. The summed E-state index contributed by atoms with van der Waals surface area (Å²) in [7, 11) is 0. The van der Waals surface area contributed by atoms with E-state index >= 15 is 0 Å². The first-order valence-electron chi connectivity index (χ1n) is 11.4. The summed E-state index contributed by atoms with van der Waals surface area (Å²) in [5.74, 6) is 0.842. The molecule has 2 aliphatic rings. The van der Waals surface area contributed by atoms with Gasteiger partial charge in [-0.2, -0.15) is 0 Å². The maximum absolute atomic E-state index is 13.8. The molecule has 170 valence electrons. The van der Waals surface area contributed by atoms with Gasteiger partial charge >= 0.3 is 5.97 Å². The number of fused-ring (bicyclic) bond motifs is 3. The van der Waals surface area contributed by atoms with Crippen molar-refractivity contribution >= 4 is 28.2 Å². The van der Waals surface area contributed by atoms with Gasteiger partial charge in [-0.15, -0.1) is 11.3 Å². The van der Waals surface area contributed by atoms with Gasteiger partial charge in [0.2, 0.25) is 5.91 Å². The van der Waals surface area contributed by atoms with Crippen LogP contribution in [0.4, 0.5) is 5.00 Å². The van der Waals surface area contributed by atoms with E-state index in [4.69, 9.17) is 9.47 Å². The van der Waals surface area contributed by atoms with Gasteiger partial charge in [-0.3, -0.25) is 4.79 Å². The van der Waals surface area contributed by atoms with E-state index in [1.807, 2.05) is 62.4 Å². The van der Waals surface area contributed by atoms with E-state index in [0.717, 1.165) is 36.0 Å². The fourth-order valence-corrected chi connectivity index (χ4v) is 6.11. The Bertz CT molecular complexity index is 1180. The van der Waals surface area contributed by atoms with Crippen LogP contribution in [0.1, 0.15) is 65.0 Å². The van der Waals surface area contributed by atoms with Gasteiger partial charge in [-0.25, -0.2) is 4.79 Å². The molecule has 6 heteroatoms. The molecule has 3 aromatic rings. The lowest BCUT2D eigenvalue weighted by Crippen LogP contribution is -2.26. The lowest BCUT2D eigenvalue weighted by atomic mass is 9.87. The zero-order valence-corrected chi connectivity index (χ0v) is 19.8. The zero-order valence-electron chi connectivity index (χ0n) is 19.0. The van der Waals surface area contributed by atoms with Crippen molar-refractivity contribution in [3.8, 4) is 11.5 Å². The first-order valence-corrected chi connectivity index (χ1v) is 12.3. The monoisotopic (exact) mass is 461 g/mol. The van der Waals surface area contributed by atoms with Crippen LogP contribution >= 0.6 is 11.3 Å². The molecule has 1 aliphatic carbocycles. The first-order chi connectivity index (χ1) is 15.9. The molecule has 0 bridgehead atoms. The Morgan fingerprint density at radius 2 is 1.70 bits per heavy atom. The maximum Gasteiger partial charge on any atom is 0.341 e. The number of carbonyl (C=O) groups is 2. The molecule has 0 spiro atoms. The number of esters is 1. The Hall–Kier alpha value is -3.12. The lowest BCUT2D eigenvalue weighted by molar-refractivity contribution is -0.116. The molecule has 0 saturated heterocycles. The summed E-state index contributed by atoms with van der Waals surface area (Å²) in [5, 5.41) is 3.70. The molecule has 5 rings (SSSR count). The van der Waals surface area contributed by atoms with E-state index < -0.39 is 5.92 Å². The minimum absolute atomic E-state index is 0.177. The average molecular weight is 462 g/mol. The molecule has 5 nitrogen and oxygen atoms in total. The van der Waals surface area contributed by atoms with Crippen molar-refractivity contribution in [3.63, 3.8) is 0 Å². The highest BCUT2D eigenvalue weighted by atomic mass is 32.1. The third-order valence-electron chi connectivity index (χ3n) is 6.24. The Morgan fingerprint density at radius 3 is 2.33 bits per heavy atom. The van der Waals surface area contributed by atoms with Crippen LogP contribution in [0.2, 0.25) is 0 Å². The Kier molecular flexibility index (Phi) is 5.71. The second-order valence-electron chi connectivity index (χ2n) is 9.11. The van der Waals surface area contributed by atoms with Crippen LogP contribution in [-0.4, -0.2) is 18.0 Å². The number of amides is 1. The van der Waals surface area contributed by atoms with Crippen molar-refractivity contribution < 1.29 is 19.1 Å². The smallest absolute Gasteiger partial charge is 0.341 e. The van der Waals surface area contributed by atoms with Crippen molar-refractivity contribution in [2.45, 2.75) is 52.1 Å². The third kappa shape index (κ3) is 4.04. The summed E-state index contributed by atoms with van der Waals surface area (Å²) in [6.45, 7) is 5.91. The summed E-state index contributed by atoms with van der Waals surface area (Å²) >= 11 is 1.51. The van der Waals surface area contributed by atoms with Gasteiger partial charge in [-0.05, 0) is 56.7 Å². The molecule has 1 atom stereocenters. The van der Waals surface area contributed by atoms with Gasteiger partial charge in [0.25, 0.3) is 0 Å². The van der Waals surface area contributed by atoms with Gasteiger partial charge in [0.15, 0.2) is 0 Å². The van der Waals surface area contributed by atoms with Crippen LogP contribution in [-0.2, 0) is 22.4 Å². The molecular formula is C27H27NO4S. The first kappa shape index (κ1) is 21.7. The van der Waals surface area contributed by atoms with Crippen LogP contribution < -0.4 is 10.1 Å². The van der Waals surface area contributed by atoms with Gasteiger partial charge in [0.05, 0.1) is 17.6 Å². The molecule has 1 N–H and O–H groups in total. The number of hydrogen-bond acceptors (Lipinski definition) is 5. The highest BCUT2D eigenvalue weighted by Crippen LogP contribution is 2.46. The molecule has 0 saturated carbocycles. The molecule has 2 heterocycles. The quantitative estimate of drug-likeness (QED) is 0.462. The molecule has 0 fully saturated rings. The van der Waals surface area contributed by atoms with Crippen LogP contribution in [0.5, 0.6) is 11.5 Å². The zero-order chi connectivity index (χ0) is 23.1. The number of nitrogens with one attached hydrogen (secondary N) is 1. The number of hydrogen-bond donors (Lipinski definition) is 1. The van der Waals surface area contributed by atoms with Gasteiger partial charge in [0, 0.05) is 16.0 Å². The molecule has 1 amide bonds. The Balaban J connectivity index is 1.54. The fraction of sp³-hybridized carbons (Fsp3) is 0.333. The maximum atomic E-state index is 13.8. The number of thiophene rings is 1. The van der Waals surface area contributed by atoms with E-state index in [1.54, 1.807) is 0 Å². The minimum Gasteiger partial charge on any atom is -0.459 e. The molecule has 1 aromatic heterocycles. The van der Waals surface area contributed by atoms with Gasteiger partial charge in [0.1, 0.15) is 16.5 Å². The van der Waals surface area contributed by atoms with Crippen molar-refractivity contribution in [1.82, 2.24) is 0 Å². The van der Waals surface area contributed by atoms with Crippen molar-refractivity contribution in [2.75, 3.05) is 5.32 Å². The summed E-state index contributed by atoms with van der Waals surface area (Å²) in [6.07, 6.45) is 2.54. The Labute approximate surface area is 197 Å². The van der Waals surface area contributed by atoms with E-state index in [9.17, 15) is 9.59 Å². The molecule has 1 aliphatic heterocycles. The standard InChI is InChI=1S/C27H27NO4S/c1-15(2)31-27(30)24-19-13-12-16(3)14-22(19)33-26(24)28-25(29)23-17-8-4-6-10-20(17)32-21-11-7-5-9-18(21)23/h4-11,15-16,23H,12-14H2,1-3H3,(H,28,29)/t16-/m0/s1. The SMILES string of the molecule is CC(C)OC(=O)c1c(NC(=O)C2c3ccccc3Oc3ccccc32)sc2c1CC[C@H](C)C2. The Morgan fingerprint density at radius 1 is 1.06 bits per heavy atom.